The minimum atomic E-state index is -0.638. The predicted molar refractivity (Wildman–Crippen MR) is 103 cm³/mol. The Balaban J connectivity index is 1.67. The van der Waals surface area contributed by atoms with Gasteiger partial charge in [0.2, 0.25) is 0 Å². The number of imidazole rings is 1. The zero-order valence-corrected chi connectivity index (χ0v) is 16.3. The van der Waals surface area contributed by atoms with E-state index in [0.717, 1.165) is 21.3 Å². The van der Waals surface area contributed by atoms with Crippen LogP contribution in [0.2, 0.25) is 0 Å². The number of carbonyl (C=O) groups excluding carboxylic acids is 1. The molecule has 2 atom stereocenters. The predicted octanol–water partition coefficient (Wildman–Crippen LogP) is 3.98. The molecule has 3 aromatic rings. The number of carbonyl (C=O) groups is 1. The molecule has 0 aliphatic carbocycles. The molecule has 1 amide bonds. The molecule has 136 valence electrons. The molecular formula is C19H20BrN3O3. The van der Waals surface area contributed by atoms with Gasteiger partial charge in [-0.05, 0) is 54.0 Å². The van der Waals surface area contributed by atoms with E-state index in [0.29, 0.717) is 11.6 Å². The maximum atomic E-state index is 12.4. The summed E-state index contributed by atoms with van der Waals surface area (Å²) >= 11 is 3.41. The number of amides is 1. The number of benzene rings is 2. The molecule has 0 aliphatic heterocycles. The van der Waals surface area contributed by atoms with E-state index < -0.39 is 6.10 Å². The number of rotatable bonds is 6. The molecule has 0 aliphatic rings. The number of fused-ring (bicyclic) bond motifs is 1. The lowest BCUT2D eigenvalue weighted by molar-refractivity contribution is -0.128. The van der Waals surface area contributed by atoms with Crippen LogP contribution in [-0.4, -0.2) is 29.1 Å². The van der Waals surface area contributed by atoms with E-state index in [4.69, 9.17) is 9.47 Å². The molecule has 7 heteroatoms. The second-order valence-electron chi connectivity index (χ2n) is 5.93. The van der Waals surface area contributed by atoms with E-state index in [2.05, 4.69) is 31.2 Å². The van der Waals surface area contributed by atoms with Gasteiger partial charge >= 0.3 is 0 Å². The number of ether oxygens (including phenoxy) is 2. The van der Waals surface area contributed by atoms with Gasteiger partial charge < -0.3 is 19.8 Å². The summed E-state index contributed by atoms with van der Waals surface area (Å²) in [6.07, 6.45) is -0.638. The molecule has 0 saturated carbocycles. The summed E-state index contributed by atoms with van der Waals surface area (Å²) in [5.74, 6) is 1.83. The van der Waals surface area contributed by atoms with E-state index in [1.54, 1.807) is 14.0 Å². The van der Waals surface area contributed by atoms with Crippen LogP contribution >= 0.6 is 15.9 Å². The largest absolute Gasteiger partial charge is 0.497 e. The summed E-state index contributed by atoms with van der Waals surface area (Å²) in [6, 6.07) is 12.7. The number of aromatic nitrogens is 2. The van der Waals surface area contributed by atoms with Crippen LogP contribution in [0.15, 0.2) is 46.9 Å². The first-order chi connectivity index (χ1) is 12.5. The highest BCUT2D eigenvalue weighted by Gasteiger charge is 2.20. The number of para-hydroxylation sites is 1. The molecule has 0 unspecified atom stereocenters. The van der Waals surface area contributed by atoms with Crippen molar-refractivity contribution in [1.29, 1.82) is 0 Å². The summed E-state index contributed by atoms with van der Waals surface area (Å²) in [5.41, 5.74) is 1.68. The number of hydrogen-bond donors (Lipinski definition) is 2. The van der Waals surface area contributed by atoms with Crippen molar-refractivity contribution in [3.63, 3.8) is 0 Å². The lowest BCUT2D eigenvalue weighted by Gasteiger charge is -2.18. The van der Waals surface area contributed by atoms with Crippen molar-refractivity contribution in [3.8, 4) is 11.5 Å². The highest BCUT2D eigenvalue weighted by atomic mass is 79.9. The molecule has 0 radical (unpaired) electrons. The average molecular weight is 418 g/mol. The maximum Gasteiger partial charge on any atom is 0.261 e. The first-order valence-corrected chi connectivity index (χ1v) is 9.02. The molecule has 3 rings (SSSR count). The highest BCUT2D eigenvalue weighted by Crippen LogP contribution is 2.25. The normalized spacial score (nSPS) is 13.2. The number of nitrogens with zero attached hydrogens (tertiary/aromatic N) is 1. The SMILES string of the molecule is COc1ccc2nc([C@H](C)NC(=O)[C@@H](C)Oc3ccccc3Br)[nH]c2c1. The van der Waals surface area contributed by atoms with Crippen molar-refractivity contribution in [2.24, 2.45) is 0 Å². The number of methoxy groups -OCH3 is 1. The Morgan fingerprint density at radius 2 is 2.00 bits per heavy atom. The van der Waals surface area contributed by atoms with Crippen LogP contribution in [0, 0.1) is 0 Å². The lowest BCUT2D eigenvalue weighted by atomic mass is 10.2. The quantitative estimate of drug-likeness (QED) is 0.635. The first-order valence-electron chi connectivity index (χ1n) is 8.23. The van der Waals surface area contributed by atoms with Crippen LogP contribution in [0.4, 0.5) is 0 Å². The number of halogens is 1. The van der Waals surface area contributed by atoms with Crippen LogP contribution in [0.5, 0.6) is 11.5 Å². The smallest absolute Gasteiger partial charge is 0.261 e. The molecular weight excluding hydrogens is 398 g/mol. The molecule has 26 heavy (non-hydrogen) atoms. The zero-order valence-electron chi connectivity index (χ0n) is 14.7. The fourth-order valence-electron chi connectivity index (χ4n) is 2.52. The maximum absolute atomic E-state index is 12.4. The summed E-state index contributed by atoms with van der Waals surface area (Å²) in [5, 5.41) is 2.92. The van der Waals surface area contributed by atoms with Crippen molar-refractivity contribution < 1.29 is 14.3 Å². The Morgan fingerprint density at radius 3 is 2.73 bits per heavy atom. The standard InChI is InChI=1S/C19H20BrN3O3/c1-11(18-22-15-9-8-13(25-3)10-16(15)23-18)21-19(24)12(2)26-17-7-5-4-6-14(17)20/h4-12H,1-3H3,(H,21,24)(H,22,23)/t11-,12+/m0/s1. The number of aromatic amines is 1. The minimum absolute atomic E-state index is 0.216. The fourth-order valence-corrected chi connectivity index (χ4v) is 2.90. The van der Waals surface area contributed by atoms with Crippen molar-refractivity contribution in [2.75, 3.05) is 7.11 Å². The Kier molecular flexibility index (Phi) is 5.46. The Bertz CT molecular complexity index is 925. The molecule has 0 bridgehead atoms. The van der Waals surface area contributed by atoms with Gasteiger partial charge in [0, 0.05) is 6.07 Å². The number of nitrogens with one attached hydrogen (secondary N) is 2. The van der Waals surface area contributed by atoms with E-state index >= 15 is 0 Å². The molecule has 1 heterocycles. The summed E-state index contributed by atoms with van der Waals surface area (Å²) in [7, 11) is 1.62. The fraction of sp³-hybridized carbons (Fsp3) is 0.263. The zero-order chi connectivity index (χ0) is 18.7. The van der Waals surface area contributed by atoms with Crippen molar-refractivity contribution in [1.82, 2.24) is 15.3 Å². The van der Waals surface area contributed by atoms with Crippen molar-refractivity contribution in [2.45, 2.75) is 26.0 Å². The van der Waals surface area contributed by atoms with Crippen LogP contribution in [0.3, 0.4) is 0 Å². The topological polar surface area (TPSA) is 76.2 Å². The van der Waals surface area contributed by atoms with Gasteiger partial charge in [-0.15, -0.1) is 0 Å². The summed E-state index contributed by atoms with van der Waals surface area (Å²) < 4.78 is 11.7. The number of hydrogen-bond acceptors (Lipinski definition) is 4. The minimum Gasteiger partial charge on any atom is -0.497 e. The van der Waals surface area contributed by atoms with Crippen molar-refractivity contribution in [3.05, 3.63) is 52.8 Å². The van der Waals surface area contributed by atoms with E-state index in [-0.39, 0.29) is 11.9 Å². The molecule has 0 spiro atoms. The van der Waals surface area contributed by atoms with Crippen molar-refractivity contribution >= 4 is 32.9 Å². The second kappa shape index (κ2) is 7.78. The van der Waals surface area contributed by atoms with Crippen LogP contribution < -0.4 is 14.8 Å². The van der Waals surface area contributed by atoms with E-state index in [1.165, 1.54) is 0 Å². The van der Waals surface area contributed by atoms with Gasteiger partial charge in [-0.25, -0.2) is 4.98 Å². The monoisotopic (exact) mass is 417 g/mol. The Labute approximate surface area is 160 Å². The lowest BCUT2D eigenvalue weighted by Crippen LogP contribution is -2.38. The third-order valence-electron chi connectivity index (χ3n) is 3.99. The molecule has 0 saturated heterocycles. The van der Waals surface area contributed by atoms with Gasteiger partial charge in [0.25, 0.3) is 5.91 Å². The first kappa shape index (κ1) is 18.3. The molecule has 0 fully saturated rings. The van der Waals surface area contributed by atoms with Gasteiger partial charge in [-0.3, -0.25) is 4.79 Å². The van der Waals surface area contributed by atoms with Crippen LogP contribution in [-0.2, 0) is 4.79 Å². The van der Waals surface area contributed by atoms with E-state index in [1.807, 2.05) is 49.4 Å². The summed E-state index contributed by atoms with van der Waals surface area (Å²) in [6.45, 7) is 3.59. The molecule has 1 aromatic heterocycles. The van der Waals surface area contributed by atoms with Gasteiger partial charge in [-0.1, -0.05) is 12.1 Å². The van der Waals surface area contributed by atoms with E-state index in [9.17, 15) is 4.79 Å². The number of H-pyrrole nitrogens is 1. The van der Waals surface area contributed by atoms with Gasteiger partial charge in [0.15, 0.2) is 6.10 Å². The highest BCUT2D eigenvalue weighted by molar-refractivity contribution is 9.10. The molecule has 2 aromatic carbocycles. The average Bonchev–Trinajstić information content (AvgIpc) is 3.06. The van der Waals surface area contributed by atoms with Gasteiger partial charge in [0.05, 0.1) is 28.7 Å². The van der Waals surface area contributed by atoms with Gasteiger partial charge in [0.1, 0.15) is 17.3 Å². The molecule has 6 nitrogen and oxygen atoms in total. The van der Waals surface area contributed by atoms with Crippen LogP contribution in [0.1, 0.15) is 25.7 Å². The summed E-state index contributed by atoms with van der Waals surface area (Å²) in [4.78, 5) is 20.2. The van der Waals surface area contributed by atoms with Crippen LogP contribution in [0.25, 0.3) is 11.0 Å². The van der Waals surface area contributed by atoms with Gasteiger partial charge in [-0.2, -0.15) is 0 Å². The molecule has 2 N–H and O–H groups in total. The Morgan fingerprint density at radius 1 is 1.23 bits per heavy atom. The third kappa shape index (κ3) is 3.99. The third-order valence-corrected chi connectivity index (χ3v) is 4.64. The Hall–Kier alpha value is -2.54. The second-order valence-corrected chi connectivity index (χ2v) is 6.78.